The molecule has 23 heavy (non-hydrogen) atoms. The lowest BCUT2D eigenvalue weighted by molar-refractivity contribution is 0.170. The van der Waals surface area contributed by atoms with Crippen molar-refractivity contribution in [3.8, 4) is 11.5 Å². The Kier molecular flexibility index (Phi) is 5.87. The number of aryl methyl sites for hydroxylation is 1. The van der Waals surface area contributed by atoms with Gasteiger partial charge in [0.1, 0.15) is 11.5 Å². The van der Waals surface area contributed by atoms with Gasteiger partial charge in [-0.15, -0.1) is 0 Å². The van der Waals surface area contributed by atoms with Gasteiger partial charge in [-0.1, -0.05) is 22.0 Å². The monoisotopic (exact) mass is 379 g/mol. The molecule has 0 aliphatic carbocycles. The summed E-state index contributed by atoms with van der Waals surface area (Å²) in [5.74, 6) is 1.35. The number of rotatable bonds is 5. The largest absolute Gasteiger partial charge is 0.497 e. The van der Waals surface area contributed by atoms with E-state index in [1.807, 2.05) is 25.1 Å². The second-order valence-electron chi connectivity index (χ2n) is 4.78. The molecule has 122 valence electrons. The summed E-state index contributed by atoms with van der Waals surface area (Å²) >= 11 is 3.41. The normalized spacial score (nSPS) is 10.1. The maximum Gasteiger partial charge on any atom is 0.416 e. The SMILES string of the molecule is COC(=O)N(COc1ccc(Br)cc1C)c1cccc(OC)c1. The molecular weight excluding hydrogens is 362 g/mol. The number of anilines is 1. The highest BCUT2D eigenvalue weighted by Crippen LogP contribution is 2.25. The highest BCUT2D eigenvalue weighted by molar-refractivity contribution is 9.10. The van der Waals surface area contributed by atoms with Crippen molar-refractivity contribution < 1.29 is 19.0 Å². The van der Waals surface area contributed by atoms with Gasteiger partial charge in [-0.3, -0.25) is 0 Å². The number of hydrogen-bond donors (Lipinski definition) is 0. The Morgan fingerprint density at radius 1 is 1.17 bits per heavy atom. The minimum atomic E-state index is -0.506. The first-order valence-corrected chi connectivity index (χ1v) is 7.73. The molecule has 0 saturated carbocycles. The number of amides is 1. The van der Waals surface area contributed by atoms with Crippen molar-refractivity contribution in [1.82, 2.24) is 0 Å². The summed E-state index contributed by atoms with van der Waals surface area (Å²) in [5, 5.41) is 0. The standard InChI is InChI=1S/C17H18BrNO4/c1-12-9-13(18)7-8-16(12)23-11-19(17(20)22-3)14-5-4-6-15(10-14)21-2/h4-10H,11H2,1-3H3. The fourth-order valence-corrected chi connectivity index (χ4v) is 2.51. The van der Waals surface area contributed by atoms with Crippen molar-refractivity contribution in [2.24, 2.45) is 0 Å². The first-order valence-electron chi connectivity index (χ1n) is 6.93. The number of ether oxygens (including phenoxy) is 3. The third kappa shape index (κ3) is 4.39. The average Bonchev–Trinajstić information content (AvgIpc) is 2.56. The molecule has 2 aromatic rings. The van der Waals surface area contributed by atoms with Crippen molar-refractivity contribution >= 4 is 27.7 Å². The smallest absolute Gasteiger partial charge is 0.416 e. The Balaban J connectivity index is 2.20. The maximum atomic E-state index is 12.0. The van der Waals surface area contributed by atoms with Gasteiger partial charge in [0.2, 0.25) is 0 Å². The highest BCUT2D eigenvalue weighted by Gasteiger charge is 2.18. The molecule has 0 unspecified atom stereocenters. The van der Waals surface area contributed by atoms with Crippen molar-refractivity contribution in [3.05, 3.63) is 52.5 Å². The lowest BCUT2D eigenvalue weighted by atomic mass is 10.2. The van der Waals surface area contributed by atoms with Crippen molar-refractivity contribution in [2.75, 3.05) is 25.9 Å². The van der Waals surface area contributed by atoms with Gasteiger partial charge in [-0.2, -0.15) is 0 Å². The molecule has 0 N–H and O–H groups in total. The zero-order chi connectivity index (χ0) is 16.8. The zero-order valence-electron chi connectivity index (χ0n) is 13.2. The van der Waals surface area contributed by atoms with Crippen LogP contribution < -0.4 is 14.4 Å². The molecule has 2 rings (SSSR count). The Morgan fingerprint density at radius 3 is 2.61 bits per heavy atom. The number of nitrogens with zero attached hydrogens (tertiary/aromatic N) is 1. The van der Waals surface area contributed by atoms with E-state index in [0.29, 0.717) is 17.2 Å². The number of hydrogen-bond acceptors (Lipinski definition) is 4. The molecule has 0 aliphatic rings. The number of methoxy groups -OCH3 is 2. The summed E-state index contributed by atoms with van der Waals surface area (Å²) in [4.78, 5) is 13.4. The number of carbonyl (C=O) groups is 1. The van der Waals surface area contributed by atoms with Gasteiger partial charge in [-0.25, -0.2) is 9.69 Å². The second kappa shape index (κ2) is 7.87. The molecule has 0 saturated heterocycles. The van der Waals surface area contributed by atoms with Crippen molar-refractivity contribution in [2.45, 2.75) is 6.92 Å². The van der Waals surface area contributed by atoms with Gasteiger partial charge in [0, 0.05) is 10.5 Å². The lowest BCUT2D eigenvalue weighted by Gasteiger charge is -2.22. The van der Waals surface area contributed by atoms with Gasteiger partial charge in [-0.05, 0) is 42.8 Å². The summed E-state index contributed by atoms with van der Waals surface area (Å²) in [5.41, 5.74) is 1.60. The summed E-state index contributed by atoms with van der Waals surface area (Å²) < 4.78 is 16.8. The fraction of sp³-hybridized carbons (Fsp3) is 0.235. The van der Waals surface area contributed by atoms with Crippen LogP contribution in [0.3, 0.4) is 0 Å². The molecule has 0 spiro atoms. The van der Waals surface area contributed by atoms with Crippen LogP contribution in [0.2, 0.25) is 0 Å². The lowest BCUT2D eigenvalue weighted by Crippen LogP contribution is -2.34. The minimum Gasteiger partial charge on any atom is -0.497 e. The van der Waals surface area contributed by atoms with Crippen LogP contribution in [-0.4, -0.2) is 27.0 Å². The van der Waals surface area contributed by atoms with Crippen LogP contribution >= 0.6 is 15.9 Å². The zero-order valence-corrected chi connectivity index (χ0v) is 14.8. The summed E-state index contributed by atoms with van der Waals surface area (Å²) in [6, 6.07) is 12.8. The number of carbonyl (C=O) groups excluding carboxylic acids is 1. The van der Waals surface area contributed by atoms with Crippen LogP contribution in [0.5, 0.6) is 11.5 Å². The van der Waals surface area contributed by atoms with Crippen LogP contribution in [0, 0.1) is 6.92 Å². The molecule has 6 heteroatoms. The van der Waals surface area contributed by atoms with Crippen LogP contribution in [0.25, 0.3) is 0 Å². The number of benzene rings is 2. The van der Waals surface area contributed by atoms with E-state index in [4.69, 9.17) is 14.2 Å². The average molecular weight is 380 g/mol. The fourth-order valence-electron chi connectivity index (χ4n) is 2.03. The van der Waals surface area contributed by atoms with Crippen molar-refractivity contribution in [1.29, 1.82) is 0 Å². The van der Waals surface area contributed by atoms with E-state index in [1.54, 1.807) is 31.4 Å². The summed E-state index contributed by atoms with van der Waals surface area (Å²) in [7, 11) is 2.91. The van der Waals surface area contributed by atoms with Crippen LogP contribution in [0.15, 0.2) is 46.9 Å². The third-order valence-electron chi connectivity index (χ3n) is 3.25. The quantitative estimate of drug-likeness (QED) is 0.723. The van der Waals surface area contributed by atoms with Gasteiger partial charge < -0.3 is 14.2 Å². The maximum absolute atomic E-state index is 12.0. The Bertz CT molecular complexity index is 690. The predicted octanol–water partition coefficient (Wildman–Crippen LogP) is 4.38. The van der Waals surface area contributed by atoms with E-state index < -0.39 is 6.09 Å². The molecule has 0 aliphatic heterocycles. The van der Waals surface area contributed by atoms with E-state index in [2.05, 4.69) is 15.9 Å². The molecule has 5 nitrogen and oxygen atoms in total. The van der Waals surface area contributed by atoms with Crippen molar-refractivity contribution in [3.63, 3.8) is 0 Å². The molecule has 0 atom stereocenters. The first kappa shape index (κ1) is 17.1. The Morgan fingerprint density at radius 2 is 1.96 bits per heavy atom. The molecule has 0 fully saturated rings. The molecule has 0 radical (unpaired) electrons. The predicted molar refractivity (Wildman–Crippen MR) is 92.3 cm³/mol. The van der Waals surface area contributed by atoms with Gasteiger partial charge in [0.25, 0.3) is 0 Å². The minimum absolute atomic E-state index is 0.0301. The molecule has 1 amide bonds. The molecule has 2 aromatic carbocycles. The second-order valence-corrected chi connectivity index (χ2v) is 5.70. The molecule has 0 aromatic heterocycles. The van der Waals surface area contributed by atoms with Crippen LogP contribution in [0.4, 0.5) is 10.5 Å². The Labute approximate surface area is 143 Å². The van der Waals surface area contributed by atoms with E-state index in [1.165, 1.54) is 12.0 Å². The Hall–Kier alpha value is -2.21. The summed E-state index contributed by atoms with van der Waals surface area (Å²) in [6.45, 7) is 1.97. The van der Waals surface area contributed by atoms with E-state index in [-0.39, 0.29) is 6.73 Å². The molecular formula is C17H18BrNO4. The first-order chi connectivity index (χ1) is 11.0. The molecule has 0 bridgehead atoms. The van der Waals surface area contributed by atoms with E-state index in [9.17, 15) is 4.79 Å². The highest BCUT2D eigenvalue weighted by atomic mass is 79.9. The van der Waals surface area contributed by atoms with Crippen LogP contribution in [-0.2, 0) is 4.74 Å². The van der Waals surface area contributed by atoms with Gasteiger partial charge in [0.05, 0.1) is 19.9 Å². The number of halogens is 1. The van der Waals surface area contributed by atoms with E-state index in [0.717, 1.165) is 10.0 Å². The van der Waals surface area contributed by atoms with Crippen LogP contribution in [0.1, 0.15) is 5.56 Å². The van der Waals surface area contributed by atoms with Gasteiger partial charge >= 0.3 is 6.09 Å². The topological polar surface area (TPSA) is 48.0 Å². The molecule has 0 heterocycles. The van der Waals surface area contributed by atoms with E-state index >= 15 is 0 Å². The third-order valence-corrected chi connectivity index (χ3v) is 3.74. The van der Waals surface area contributed by atoms with Gasteiger partial charge in [0.15, 0.2) is 6.73 Å². The summed E-state index contributed by atoms with van der Waals surface area (Å²) in [6.07, 6.45) is -0.506.